The van der Waals surface area contributed by atoms with Crippen molar-refractivity contribution in [2.75, 3.05) is 57.4 Å². The van der Waals surface area contributed by atoms with Crippen molar-refractivity contribution in [2.24, 2.45) is 5.41 Å². The number of halogens is 2. The van der Waals surface area contributed by atoms with E-state index in [1.165, 1.54) is 0 Å². The van der Waals surface area contributed by atoms with Gasteiger partial charge in [-0.25, -0.2) is 0 Å². The molecule has 0 saturated carbocycles. The van der Waals surface area contributed by atoms with E-state index in [-0.39, 0.29) is 17.4 Å². The molecule has 6 nitrogen and oxygen atoms in total. The van der Waals surface area contributed by atoms with E-state index in [0.29, 0.717) is 41.7 Å². The second-order valence-electron chi connectivity index (χ2n) is 10.4. The first kappa shape index (κ1) is 22.6. The van der Waals surface area contributed by atoms with Crippen molar-refractivity contribution in [2.45, 2.75) is 24.5 Å². The molecule has 34 heavy (non-hydrogen) atoms. The van der Waals surface area contributed by atoms with Gasteiger partial charge in [0.1, 0.15) is 5.60 Å². The lowest BCUT2D eigenvalue weighted by molar-refractivity contribution is -0.127. The lowest BCUT2D eigenvalue weighted by Gasteiger charge is -2.56. The summed E-state index contributed by atoms with van der Waals surface area (Å²) in [6, 6.07) is 13.5. The smallest absolute Gasteiger partial charge is 0.255 e. The number of aliphatic hydroxyl groups is 1. The number of ether oxygens (including phenoxy) is 1. The Bertz CT molecular complexity index is 1100. The van der Waals surface area contributed by atoms with Gasteiger partial charge in [-0.2, -0.15) is 0 Å². The molecule has 4 aliphatic heterocycles. The van der Waals surface area contributed by atoms with E-state index in [9.17, 15) is 9.90 Å². The number of carbonyl (C=O) groups excluding carboxylic acids is 1. The molecular weight excluding hydrogens is 473 g/mol. The van der Waals surface area contributed by atoms with E-state index in [4.69, 9.17) is 27.9 Å². The fourth-order valence-electron chi connectivity index (χ4n) is 5.98. The zero-order valence-corrected chi connectivity index (χ0v) is 20.6. The zero-order chi connectivity index (χ0) is 23.5. The van der Waals surface area contributed by atoms with Gasteiger partial charge in [0.05, 0.1) is 34.9 Å². The minimum absolute atomic E-state index is 0.00718. The minimum Gasteiger partial charge on any atom is -0.384 e. The number of piperazine rings is 1. The van der Waals surface area contributed by atoms with Crippen molar-refractivity contribution in [1.29, 1.82) is 0 Å². The van der Waals surface area contributed by atoms with Crippen LogP contribution in [0.5, 0.6) is 0 Å². The third-order valence-electron chi connectivity index (χ3n) is 8.05. The first-order valence-corrected chi connectivity index (χ1v) is 12.7. The highest BCUT2D eigenvalue weighted by atomic mass is 35.5. The maximum atomic E-state index is 13.5. The molecule has 4 aliphatic rings. The standard InChI is InChI=1S/C26H29Cl2N3O3/c27-19-6-4-18(5-7-19)26(33)9-8-20-12-29(10-11-30(20)15-26)24(32)21-2-1-3-22(23(21)28)31-13-25(14-31)16-34-17-25/h1-7,20,33H,8-17H2/t20-,26-/m0/s1. The van der Waals surface area contributed by atoms with Crippen LogP contribution in [0.2, 0.25) is 10.0 Å². The van der Waals surface area contributed by atoms with E-state index in [1.807, 2.05) is 47.4 Å². The third kappa shape index (κ3) is 3.80. The largest absolute Gasteiger partial charge is 0.384 e. The van der Waals surface area contributed by atoms with Crippen LogP contribution in [0.4, 0.5) is 5.69 Å². The highest BCUT2D eigenvalue weighted by Gasteiger charge is 2.49. The van der Waals surface area contributed by atoms with Gasteiger partial charge in [-0.3, -0.25) is 9.69 Å². The molecule has 4 saturated heterocycles. The van der Waals surface area contributed by atoms with Crippen LogP contribution >= 0.6 is 23.2 Å². The minimum atomic E-state index is -0.884. The van der Waals surface area contributed by atoms with E-state index in [1.54, 1.807) is 0 Å². The van der Waals surface area contributed by atoms with Crippen LogP contribution in [-0.4, -0.2) is 79.3 Å². The van der Waals surface area contributed by atoms with Crippen LogP contribution < -0.4 is 4.90 Å². The van der Waals surface area contributed by atoms with Crippen LogP contribution in [0.3, 0.4) is 0 Å². The van der Waals surface area contributed by atoms with Crippen LogP contribution in [0, 0.1) is 5.41 Å². The van der Waals surface area contributed by atoms with Gasteiger partial charge in [-0.15, -0.1) is 0 Å². The Morgan fingerprint density at radius 2 is 1.79 bits per heavy atom. The third-order valence-corrected chi connectivity index (χ3v) is 8.70. The van der Waals surface area contributed by atoms with Crippen LogP contribution in [0.25, 0.3) is 0 Å². The highest BCUT2D eigenvalue weighted by Crippen LogP contribution is 2.43. The molecule has 2 atom stereocenters. The van der Waals surface area contributed by atoms with Crippen molar-refractivity contribution < 1.29 is 14.6 Å². The molecule has 1 amide bonds. The quantitative estimate of drug-likeness (QED) is 0.695. The van der Waals surface area contributed by atoms with Crippen LogP contribution in [0.1, 0.15) is 28.8 Å². The number of nitrogens with zero attached hydrogens (tertiary/aromatic N) is 3. The highest BCUT2D eigenvalue weighted by molar-refractivity contribution is 6.36. The predicted octanol–water partition coefficient (Wildman–Crippen LogP) is 3.64. The lowest BCUT2D eigenvalue weighted by atomic mass is 9.77. The number of piperidine rings is 1. The monoisotopic (exact) mass is 501 g/mol. The van der Waals surface area contributed by atoms with Gasteiger partial charge in [0.2, 0.25) is 0 Å². The molecule has 0 unspecified atom stereocenters. The average Bonchev–Trinajstić information content (AvgIpc) is 2.78. The molecule has 1 N–H and O–H groups in total. The summed E-state index contributed by atoms with van der Waals surface area (Å²) in [5.41, 5.74) is 1.82. The second kappa shape index (κ2) is 8.38. The maximum Gasteiger partial charge on any atom is 0.255 e. The molecule has 4 heterocycles. The molecule has 0 aliphatic carbocycles. The van der Waals surface area contributed by atoms with E-state index in [0.717, 1.165) is 50.5 Å². The van der Waals surface area contributed by atoms with Gasteiger partial charge in [-0.1, -0.05) is 41.4 Å². The SMILES string of the molecule is O=C(c1cccc(N2CC3(COC3)C2)c1Cl)N1CCN2C[C@](O)(c3ccc(Cl)cc3)CC[C@H]2C1. The van der Waals surface area contributed by atoms with Crippen molar-refractivity contribution in [3.63, 3.8) is 0 Å². The Morgan fingerprint density at radius 3 is 2.50 bits per heavy atom. The van der Waals surface area contributed by atoms with Gasteiger partial charge < -0.3 is 19.6 Å². The summed E-state index contributed by atoms with van der Waals surface area (Å²) in [4.78, 5) is 20.0. The lowest BCUT2D eigenvalue weighted by Crippen LogP contribution is -2.66. The molecule has 8 heteroatoms. The van der Waals surface area contributed by atoms with Crippen molar-refractivity contribution in [3.8, 4) is 0 Å². The summed E-state index contributed by atoms with van der Waals surface area (Å²) in [5, 5.41) is 12.6. The molecule has 2 aromatic carbocycles. The number of benzene rings is 2. The van der Waals surface area contributed by atoms with Crippen molar-refractivity contribution in [3.05, 3.63) is 63.6 Å². The van der Waals surface area contributed by atoms with Crippen molar-refractivity contribution in [1.82, 2.24) is 9.80 Å². The van der Waals surface area contributed by atoms with Gasteiger partial charge >= 0.3 is 0 Å². The summed E-state index contributed by atoms with van der Waals surface area (Å²) < 4.78 is 5.38. The average molecular weight is 502 g/mol. The van der Waals surface area contributed by atoms with E-state index < -0.39 is 5.60 Å². The fourth-order valence-corrected chi connectivity index (χ4v) is 6.43. The molecule has 2 aromatic rings. The Hall–Kier alpha value is -1.83. The molecule has 4 fully saturated rings. The number of carbonyl (C=O) groups is 1. The maximum absolute atomic E-state index is 13.5. The van der Waals surface area contributed by atoms with Crippen molar-refractivity contribution >= 4 is 34.8 Å². The zero-order valence-electron chi connectivity index (χ0n) is 19.1. The molecule has 0 aromatic heterocycles. The summed E-state index contributed by atoms with van der Waals surface area (Å²) >= 11 is 12.8. The Morgan fingerprint density at radius 1 is 1.03 bits per heavy atom. The number of hydrogen-bond acceptors (Lipinski definition) is 5. The van der Waals surface area contributed by atoms with E-state index >= 15 is 0 Å². The first-order chi connectivity index (χ1) is 16.4. The van der Waals surface area contributed by atoms with E-state index in [2.05, 4.69) is 9.80 Å². The molecule has 1 spiro atoms. The molecule has 180 valence electrons. The molecule has 0 radical (unpaired) electrons. The second-order valence-corrected chi connectivity index (χ2v) is 11.3. The number of anilines is 1. The van der Waals surface area contributed by atoms with Crippen LogP contribution in [0.15, 0.2) is 42.5 Å². The van der Waals surface area contributed by atoms with Gasteiger partial charge in [0, 0.05) is 50.3 Å². The van der Waals surface area contributed by atoms with Gasteiger partial charge in [-0.05, 0) is 42.7 Å². The molecule has 0 bridgehead atoms. The number of rotatable bonds is 3. The summed E-state index contributed by atoms with van der Waals surface area (Å²) in [5.74, 6) is -0.00718. The first-order valence-electron chi connectivity index (χ1n) is 12.0. The summed E-state index contributed by atoms with van der Waals surface area (Å²) in [6.07, 6.45) is 1.49. The van der Waals surface area contributed by atoms with Gasteiger partial charge in [0.15, 0.2) is 0 Å². The molecule has 6 rings (SSSR count). The summed E-state index contributed by atoms with van der Waals surface area (Å²) in [6.45, 7) is 6.08. The van der Waals surface area contributed by atoms with Gasteiger partial charge in [0.25, 0.3) is 5.91 Å². The predicted molar refractivity (Wildman–Crippen MR) is 133 cm³/mol. The normalized spacial score (nSPS) is 28.3. The number of hydrogen-bond donors (Lipinski definition) is 1. The Kier molecular flexibility index (Phi) is 5.58. The fraction of sp³-hybridized carbons (Fsp3) is 0.500. The van der Waals surface area contributed by atoms with Crippen LogP contribution in [-0.2, 0) is 10.3 Å². The summed E-state index contributed by atoms with van der Waals surface area (Å²) in [7, 11) is 0. The topological polar surface area (TPSA) is 56.2 Å². The number of amides is 1. The molecular formula is C26H29Cl2N3O3. The Labute approximate surface area is 210 Å². The number of fused-ring (bicyclic) bond motifs is 1. The Balaban J connectivity index is 1.13.